The van der Waals surface area contributed by atoms with Crippen LogP contribution in [0.25, 0.3) is 0 Å². The molecule has 4 aromatic carbocycles. The molecule has 0 amide bonds. The molecule has 1 heterocycles. The second-order valence-electron chi connectivity index (χ2n) is 11.9. The van der Waals surface area contributed by atoms with Gasteiger partial charge in [0.2, 0.25) is 0 Å². The second-order valence-corrected chi connectivity index (χ2v) is 20.6. The Labute approximate surface area is 241 Å². The Kier molecular flexibility index (Phi) is 7.90. The summed E-state index contributed by atoms with van der Waals surface area (Å²) in [6.07, 6.45) is 0. The standard InChI is InChI=1S/C32H38O5Si3/c1-31(2,3)33-40(34-32(4,5)6)36-38(27-19-11-7-12-20-27,28-21-13-8-14-22-28)35-39(37-40,29-23-15-9-16-24-29)30-25-17-10-18-26-30/h7-26H,1-6H3. The summed E-state index contributed by atoms with van der Waals surface area (Å²) in [7, 11) is -11.0. The molecule has 4 aromatic rings. The van der Waals surface area contributed by atoms with Crippen molar-refractivity contribution >= 4 is 46.9 Å². The van der Waals surface area contributed by atoms with Gasteiger partial charge in [-0.05, 0) is 62.3 Å². The molecule has 0 aliphatic carbocycles. The third-order valence-corrected chi connectivity index (χ3v) is 19.0. The van der Waals surface area contributed by atoms with Crippen molar-refractivity contribution in [3.8, 4) is 0 Å². The van der Waals surface area contributed by atoms with E-state index in [-0.39, 0.29) is 0 Å². The lowest BCUT2D eigenvalue weighted by atomic mass is 10.2. The zero-order valence-electron chi connectivity index (χ0n) is 24.1. The van der Waals surface area contributed by atoms with Gasteiger partial charge in [-0.25, -0.2) is 0 Å². The van der Waals surface area contributed by atoms with Gasteiger partial charge in [-0.1, -0.05) is 121 Å². The van der Waals surface area contributed by atoms with Crippen molar-refractivity contribution in [2.45, 2.75) is 52.7 Å². The summed E-state index contributed by atoms with van der Waals surface area (Å²) in [5.41, 5.74) is -1.23. The van der Waals surface area contributed by atoms with E-state index in [9.17, 15) is 0 Å². The first-order valence-electron chi connectivity index (χ1n) is 13.7. The number of benzene rings is 4. The van der Waals surface area contributed by atoms with Crippen LogP contribution in [0.15, 0.2) is 121 Å². The zero-order valence-corrected chi connectivity index (χ0v) is 27.1. The summed E-state index contributed by atoms with van der Waals surface area (Å²) in [5.74, 6) is 0. The Hall–Kier alpha value is -2.67. The van der Waals surface area contributed by atoms with Crippen LogP contribution in [0, 0.1) is 0 Å². The molecule has 1 fully saturated rings. The van der Waals surface area contributed by atoms with Gasteiger partial charge in [0.15, 0.2) is 0 Å². The smallest absolute Gasteiger partial charge is 0.402 e. The van der Waals surface area contributed by atoms with Gasteiger partial charge in [-0.2, -0.15) is 0 Å². The van der Waals surface area contributed by atoms with Gasteiger partial charge >= 0.3 is 26.2 Å². The Morgan fingerprint density at radius 1 is 0.400 bits per heavy atom. The van der Waals surface area contributed by atoms with E-state index in [0.29, 0.717) is 0 Å². The maximum absolute atomic E-state index is 7.60. The van der Waals surface area contributed by atoms with E-state index in [1.807, 2.05) is 114 Å². The second kappa shape index (κ2) is 11.0. The fourth-order valence-electron chi connectivity index (χ4n) is 4.91. The average molecular weight is 587 g/mol. The summed E-state index contributed by atoms with van der Waals surface area (Å²) < 4.78 is 36.0. The van der Waals surface area contributed by atoms with E-state index in [0.717, 1.165) is 20.7 Å². The Morgan fingerprint density at radius 3 is 0.875 bits per heavy atom. The van der Waals surface area contributed by atoms with Crippen molar-refractivity contribution in [1.82, 2.24) is 0 Å². The fraction of sp³-hybridized carbons (Fsp3) is 0.250. The molecule has 1 saturated heterocycles. The molecule has 0 bridgehead atoms. The lowest BCUT2D eigenvalue weighted by molar-refractivity contribution is -0.0773. The van der Waals surface area contributed by atoms with Crippen LogP contribution in [0.2, 0.25) is 0 Å². The topological polar surface area (TPSA) is 46.2 Å². The van der Waals surface area contributed by atoms with Crippen LogP contribution >= 0.6 is 0 Å². The molecule has 0 aromatic heterocycles. The summed E-state index contributed by atoms with van der Waals surface area (Å²) in [4.78, 5) is 0. The van der Waals surface area contributed by atoms with Crippen LogP contribution in [-0.4, -0.2) is 37.4 Å². The largest absolute Gasteiger partial charge is 0.663 e. The van der Waals surface area contributed by atoms with Crippen LogP contribution in [0.3, 0.4) is 0 Å². The molecule has 0 spiro atoms. The minimum Gasteiger partial charge on any atom is -0.402 e. The van der Waals surface area contributed by atoms with Crippen molar-refractivity contribution in [2.75, 3.05) is 0 Å². The van der Waals surface area contributed by atoms with Crippen LogP contribution in [0.4, 0.5) is 0 Å². The molecule has 0 N–H and O–H groups in total. The van der Waals surface area contributed by atoms with E-state index >= 15 is 0 Å². The predicted molar refractivity (Wildman–Crippen MR) is 166 cm³/mol. The normalized spacial score (nSPS) is 18.2. The molecule has 1 aliphatic heterocycles. The maximum atomic E-state index is 7.60. The third kappa shape index (κ3) is 6.00. The summed E-state index contributed by atoms with van der Waals surface area (Å²) in [6, 6.07) is 41.0. The zero-order chi connectivity index (χ0) is 28.5. The van der Waals surface area contributed by atoms with Gasteiger partial charge in [-0.3, -0.25) is 0 Å². The Bertz CT molecular complexity index is 1200. The van der Waals surface area contributed by atoms with Crippen molar-refractivity contribution in [2.24, 2.45) is 0 Å². The maximum Gasteiger partial charge on any atom is 0.663 e. The fourth-order valence-corrected chi connectivity index (χ4v) is 20.1. The van der Waals surface area contributed by atoms with Gasteiger partial charge in [0.05, 0.1) is 11.2 Å². The van der Waals surface area contributed by atoms with E-state index < -0.39 is 37.4 Å². The summed E-state index contributed by atoms with van der Waals surface area (Å²) in [6.45, 7) is 12.1. The van der Waals surface area contributed by atoms with Crippen molar-refractivity contribution < 1.29 is 21.2 Å². The highest BCUT2D eigenvalue weighted by Gasteiger charge is 2.71. The van der Waals surface area contributed by atoms with E-state index in [4.69, 9.17) is 21.2 Å². The highest BCUT2D eigenvalue weighted by atomic mass is 28.5. The van der Waals surface area contributed by atoms with E-state index in [1.54, 1.807) is 0 Å². The Morgan fingerprint density at radius 2 is 0.650 bits per heavy atom. The highest BCUT2D eigenvalue weighted by Crippen LogP contribution is 2.37. The molecule has 0 unspecified atom stereocenters. The molecular weight excluding hydrogens is 549 g/mol. The SMILES string of the molecule is CC(C)(C)O[Si]1(OC(C)(C)C)O[Si](c2ccccc2)(c2ccccc2)O[Si](c2ccccc2)(c2ccccc2)O1. The molecule has 0 saturated carbocycles. The first-order valence-corrected chi connectivity index (χ1v) is 18.9. The predicted octanol–water partition coefficient (Wildman–Crippen LogP) is 4.63. The van der Waals surface area contributed by atoms with Gasteiger partial charge in [-0.15, -0.1) is 0 Å². The van der Waals surface area contributed by atoms with E-state index in [1.165, 1.54) is 0 Å². The van der Waals surface area contributed by atoms with Crippen LogP contribution in [-0.2, 0) is 21.2 Å². The van der Waals surface area contributed by atoms with E-state index in [2.05, 4.69) is 48.5 Å². The monoisotopic (exact) mass is 586 g/mol. The van der Waals surface area contributed by atoms with Gasteiger partial charge < -0.3 is 21.2 Å². The number of hydrogen-bond donors (Lipinski definition) is 0. The molecule has 1 aliphatic rings. The minimum absolute atomic E-state index is 0.615. The van der Waals surface area contributed by atoms with Gasteiger partial charge in [0.25, 0.3) is 0 Å². The summed E-state index contributed by atoms with van der Waals surface area (Å²) >= 11 is 0. The lowest BCUT2D eigenvalue weighted by Crippen LogP contribution is -2.85. The van der Waals surface area contributed by atoms with Crippen molar-refractivity contribution in [3.63, 3.8) is 0 Å². The molecule has 0 radical (unpaired) electrons. The molecule has 5 nitrogen and oxygen atoms in total. The average Bonchev–Trinajstić information content (AvgIpc) is 2.92. The number of rotatable bonds is 6. The highest BCUT2D eigenvalue weighted by molar-refractivity contribution is 7.10. The third-order valence-electron chi connectivity index (χ3n) is 6.30. The quantitative estimate of drug-likeness (QED) is 0.309. The summed E-state index contributed by atoms with van der Waals surface area (Å²) in [5, 5.41) is 3.89. The van der Waals surface area contributed by atoms with Crippen molar-refractivity contribution in [3.05, 3.63) is 121 Å². The molecule has 5 rings (SSSR count). The minimum atomic E-state index is -3.96. The Balaban J connectivity index is 1.90. The molecular formula is C32H38O5Si3. The van der Waals surface area contributed by atoms with Crippen LogP contribution < -0.4 is 20.7 Å². The molecule has 40 heavy (non-hydrogen) atoms. The number of hydrogen-bond acceptors (Lipinski definition) is 5. The molecule has 208 valence electrons. The van der Waals surface area contributed by atoms with Crippen LogP contribution in [0.5, 0.6) is 0 Å². The van der Waals surface area contributed by atoms with Gasteiger partial charge in [0, 0.05) is 0 Å². The van der Waals surface area contributed by atoms with Crippen LogP contribution in [0.1, 0.15) is 41.5 Å². The first kappa shape index (κ1) is 28.8. The molecule has 0 atom stereocenters. The lowest BCUT2D eigenvalue weighted by Gasteiger charge is -2.53. The van der Waals surface area contributed by atoms with Gasteiger partial charge in [0.1, 0.15) is 0 Å². The van der Waals surface area contributed by atoms with Crippen molar-refractivity contribution in [1.29, 1.82) is 0 Å². The first-order chi connectivity index (χ1) is 19.0. The molecule has 8 heteroatoms.